The van der Waals surface area contributed by atoms with Crippen molar-refractivity contribution in [3.05, 3.63) is 41.5 Å². The number of ether oxygens (including phenoxy) is 1. The summed E-state index contributed by atoms with van der Waals surface area (Å²) in [5, 5.41) is 8.28. The monoisotopic (exact) mass is 364 g/mol. The second-order valence-electron chi connectivity index (χ2n) is 6.17. The molecule has 134 valence electrons. The highest BCUT2D eigenvalue weighted by molar-refractivity contribution is 7.90. The summed E-state index contributed by atoms with van der Waals surface area (Å²) in [6, 6.07) is 6.02. The van der Waals surface area contributed by atoms with Crippen molar-refractivity contribution in [1.82, 2.24) is 19.7 Å². The van der Waals surface area contributed by atoms with Crippen LogP contribution in [0.15, 0.2) is 29.2 Å². The first kappa shape index (κ1) is 17.6. The molecule has 1 aromatic heterocycles. The summed E-state index contributed by atoms with van der Waals surface area (Å²) in [5.41, 5.74) is 0.449. The number of fused-ring (bicyclic) bond motifs is 1. The molecule has 3 rings (SSSR count). The van der Waals surface area contributed by atoms with Gasteiger partial charge < -0.3 is 14.2 Å². The summed E-state index contributed by atoms with van der Waals surface area (Å²) in [5.74, 6) is 1.30. The molecule has 0 N–H and O–H groups in total. The lowest BCUT2D eigenvalue weighted by Gasteiger charge is -2.32. The SMILES string of the molecule is COCc1nnc2n1[C@@H](C)CN(C(=O)c1ccc(S(C)(=O)=O)cc1)C2. The fourth-order valence-corrected chi connectivity index (χ4v) is 3.65. The van der Waals surface area contributed by atoms with Gasteiger partial charge in [0.2, 0.25) is 0 Å². The quantitative estimate of drug-likeness (QED) is 0.805. The summed E-state index contributed by atoms with van der Waals surface area (Å²) in [6.07, 6.45) is 1.14. The summed E-state index contributed by atoms with van der Waals surface area (Å²) < 4.78 is 30.2. The Kier molecular flexibility index (Phi) is 4.61. The predicted octanol–water partition coefficient (Wildman–Crippen LogP) is 1.04. The third-order valence-corrected chi connectivity index (χ3v) is 5.31. The van der Waals surface area contributed by atoms with Crippen molar-refractivity contribution in [2.24, 2.45) is 0 Å². The van der Waals surface area contributed by atoms with Crippen LogP contribution in [0.2, 0.25) is 0 Å². The van der Waals surface area contributed by atoms with Gasteiger partial charge in [0.15, 0.2) is 21.5 Å². The van der Waals surface area contributed by atoms with Gasteiger partial charge in [0.1, 0.15) is 6.61 Å². The Labute approximate surface area is 146 Å². The molecule has 0 radical (unpaired) electrons. The Balaban J connectivity index is 1.82. The molecule has 1 amide bonds. The summed E-state index contributed by atoms with van der Waals surface area (Å²) in [7, 11) is -1.68. The number of methoxy groups -OCH3 is 1. The summed E-state index contributed by atoms with van der Waals surface area (Å²) >= 11 is 0. The molecule has 0 spiro atoms. The number of amides is 1. The van der Waals surface area contributed by atoms with Crippen LogP contribution < -0.4 is 0 Å². The van der Waals surface area contributed by atoms with E-state index in [-0.39, 0.29) is 16.8 Å². The first-order valence-electron chi connectivity index (χ1n) is 7.82. The first-order chi connectivity index (χ1) is 11.8. The van der Waals surface area contributed by atoms with Gasteiger partial charge in [-0.15, -0.1) is 10.2 Å². The van der Waals surface area contributed by atoms with Gasteiger partial charge in [-0.25, -0.2) is 8.42 Å². The van der Waals surface area contributed by atoms with E-state index in [0.29, 0.717) is 31.1 Å². The van der Waals surface area contributed by atoms with Gasteiger partial charge in [-0.3, -0.25) is 4.79 Å². The third-order valence-electron chi connectivity index (χ3n) is 4.18. The Hall–Kier alpha value is -2.26. The summed E-state index contributed by atoms with van der Waals surface area (Å²) in [4.78, 5) is 14.6. The highest BCUT2D eigenvalue weighted by Gasteiger charge is 2.29. The lowest BCUT2D eigenvalue weighted by Crippen LogP contribution is -2.40. The van der Waals surface area contributed by atoms with E-state index in [9.17, 15) is 13.2 Å². The van der Waals surface area contributed by atoms with Crippen LogP contribution in [0, 0.1) is 0 Å². The van der Waals surface area contributed by atoms with E-state index in [1.54, 1.807) is 24.1 Å². The fraction of sp³-hybridized carbons (Fsp3) is 0.438. The lowest BCUT2D eigenvalue weighted by atomic mass is 10.1. The highest BCUT2D eigenvalue weighted by atomic mass is 32.2. The Morgan fingerprint density at radius 2 is 1.96 bits per heavy atom. The first-order valence-corrected chi connectivity index (χ1v) is 9.71. The van der Waals surface area contributed by atoms with Gasteiger partial charge >= 0.3 is 0 Å². The molecule has 8 nitrogen and oxygen atoms in total. The average Bonchev–Trinajstić information content (AvgIpc) is 2.97. The fourth-order valence-electron chi connectivity index (χ4n) is 3.02. The van der Waals surface area contributed by atoms with Crippen molar-refractivity contribution >= 4 is 15.7 Å². The molecule has 1 atom stereocenters. The minimum absolute atomic E-state index is 0.0307. The van der Waals surface area contributed by atoms with Crippen LogP contribution >= 0.6 is 0 Å². The zero-order valence-corrected chi connectivity index (χ0v) is 15.2. The van der Waals surface area contributed by atoms with Crippen molar-refractivity contribution in [2.75, 3.05) is 19.9 Å². The molecule has 0 unspecified atom stereocenters. The highest BCUT2D eigenvalue weighted by Crippen LogP contribution is 2.23. The van der Waals surface area contributed by atoms with Gasteiger partial charge in [0.25, 0.3) is 5.91 Å². The molecule has 0 fully saturated rings. The Morgan fingerprint density at radius 1 is 1.28 bits per heavy atom. The van der Waals surface area contributed by atoms with E-state index in [0.717, 1.165) is 12.1 Å². The van der Waals surface area contributed by atoms with Crippen LogP contribution in [-0.2, 0) is 27.7 Å². The molecular weight excluding hydrogens is 344 g/mol. The number of hydrogen-bond donors (Lipinski definition) is 0. The molecule has 1 aliphatic heterocycles. The van der Waals surface area contributed by atoms with Crippen LogP contribution in [0.1, 0.15) is 35.0 Å². The maximum Gasteiger partial charge on any atom is 0.254 e. The van der Waals surface area contributed by atoms with Gasteiger partial charge in [0.05, 0.1) is 17.5 Å². The third kappa shape index (κ3) is 3.42. The molecule has 2 aromatic rings. The molecule has 9 heteroatoms. The maximum absolute atomic E-state index is 12.7. The molecule has 25 heavy (non-hydrogen) atoms. The second-order valence-corrected chi connectivity index (χ2v) is 8.18. The molecule has 0 saturated carbocycles. The van der Waals surface area contributed by atoms with Gasteiger partial charge in [-0.1, -0.05) is 0 Å². The molecule has 1 aromatic carbocycles. The van der Waals surface area contributed by atoms with Crippen molar-refractivity contribution in [3.63, 3.8) is 0 Å². The van der Waals surface area contributed by atoms with Crippen LogP contribution in [0.25, 0.3) is 0 Å². The number of carbonyl (C=O) groups is 1. The predicted molar refractivity (Wildman–Crippen MR) is 89.7 cm³/mol. The number of rotatable bonds is 4. The Morgan fingerprint density at radius 3 is 2.56 bits per heavy atom. The number of sulfone groups is 1. The molecule has 1 aliphatic rings. The number of nitrogens with zero attached hydrogens (tertiary/aromatic N) is 4. The zero-order valence-electron chi connectivity index (χ0n) is 14.3. The van der Waals surface area contributed by atoms with Crippen LogP contribution in [0.3, 0.4) is 0 Å². The molecule has 0 saturated heterocycles. The van der Waals surface area contributed by atoms with E-state index in [4.69, 9.17) is 4.74 Å². The van der Waals surface area contributed by atoms with Gasteiger partial charge in [0, 0.05) is 25.5 Å². The number of aromatic nitrogens is 3. The number of hydrogen-bond acceptors (Lipinski definition) is 6. The van der Waals surface area contributed by atoms with Gasteiger partial charge in [-0.2, -0.15) is 0 Å². The van der Waals surface area contributed by atoms with Crippen LogP contribution in [0.4, 0.5) is 0 Å². The second kappa shape index (κ2) is 6.57. The minimum Gasteiger partial charge on any atom is -0.377 e. The maximum atomic E-state index is 12.7. The lowest BCUT2D eigenvalue weighted by molar-refractivity contribution is 0.0675. The number of benzene rings is 1. The average molecular weight is 364 g/mol. The van der Waals surface area contributed by atoms with Crippen LogP contribution in [0.5, 0.6) is 0 Å². The van der Waals surface area contributed by atoms with E-state index in [2.05, 4.69) is 10.2 Å². The van der Waals surface area contributed by atoms with Crippen molar-refractivity contribution in [2.45, 2.75) is 31.0 Å². The topological polar surface area (TPSA) is 94.4 Å². The smallest absolute Gasteiger partial charge is 0.254 e. The molecule has 0 aliphatic carbocycles. The molecule has 2 heterocycles. The van der Waals surface area contributed by atoms with E-state index in [1.165, 1.54) is 12.1 Å². The standard InChI is InChI=1S/C16H20N4O4S/c1-11-8-19(9-14-17-18-15(10-24-2)20(11)14)16(21)12-4-6-13(7-5-12)25(3,22)23/h4-7,11H,8-10H2,1-3H3/t11-/m0/s1. The molecular formula is C16H20N4O4S. The van der Waals surface area contributed by atoms with Gasteiger partial charge in [-0.05, 0) is 31.2 Å². The van der Waals surface area contributed by atoms with E-state index >= 15 is 0 Å². The number of carbonyl (C=O) groups excluding carboxylic acids is 1. The summed E-state index contributed by atoms with van der Waals surface area (Å²) in [6.45, 7) is 3.25. The van der Waals surface area contributed by atoms with Crippen molar-refractivity contribution < 1.29 is 17.9 Å². The normalized spacial score (nSPS) is 17.4. The van der Waals surface area contributed by atoms with Crippen LogP contribution in [-0.4, -0.2) is 53.9 Å². The van der Waals surface area contributed by atoms with Crippen molar-refractivity contribution in [3.8, 4) is 0 Å². The van der Waals surface area contributed by atoms with E-state index in [1.807, 2.05) is 11.5 Å². The van der Waals surface area contributed by atoms with Crippen molar-refractivity contribution in [1.29, 1.82) is 0 Å². The largest absolute Gasteiger partial charge is 0.377 e. The minimum atomic E-state index is -3.28. The molecule has 0 bridgehead atoms. The zero-order chi connectivity index (χ0) is 18.2. The Bertz CT molecular complexity index is 889. The van der Waals surface area contributed by atoms with E-state index < -0.39 is 9.84 Å².